The minimum absolute atomic E-state index is 0.216. The summed E-state index contributed by atoms with van der Waals surface area (Å²) in [6.45, 7) is 0. The number of carbonyl (C=O) groups excluding carboxylic acids is 1. The summed E-state index contributed by atoms with van der Waals surface area (Å²) in [5, 5.41) is 14.8. The highest BCUT2D eigenvalue weighted by Crippen LogP contribution is 2.17. The van der Waals surface area contributed by atoms with E-state index in [0.717, 1.165) is 12.0 Å². The van der Waals surface area contributed by atoms with Crippen LogP contribution in [0.5, 0.6) is 11.5 Å². The highest BCUT2D eigenvalue weighted by Gasteiger charge is 2.17. The number of Topliss-reactive ketones (excluding diaryl/α,β-unsaturated/α-hetero) is 1. The van der Waals surface area contributed by atoms with Crippen molar-refractivity contribution < 1.29 is 41.9 Å². The Kier molecular flexibility index (Phi) is 14.5. The van der Waals surface area contributed by atoms with Crippen LogP contribution in [0.4, 0.5) is 5.82 Å². The Bertz CT molecular complexity index is 1200. The first-order chi connectivity index (χ1) is 17.6. The lowest BCUT2D eigenvalue weighted by Crippen LogP contribution is -2.18. The van der Waals surface area contributed by atoms with Crippen LogP contribution in [-0.4, -0.2) is 61.4 Å². The molecule has 2 aromatic carbocycles. The fraction of sp³-hybridized carbons (Fsp3) is 0.174. The average Bonchev–Trinajstić information content (AvgIpc) is 2.89. The molecule has 0 atom stereocenters. The van der Waals surface area contributed by atoms with Gasteiger partial charge in [0.05, 0.1) is 20.5 Å². The van der Waals surface area contributed by atoms with Crippen molar-refractivity contribution in [2.75, 3.05) is 32.2 Å². The number of anilines is 1. The Morgan fingerprint density at radius 2 is 1.46 bits per heavy atom. The highest BCUT2D eigenvalue weighted by molar-refractivity contribution is 7.93. The van der Waals surface area contributed by atoms with Crippen LogP contribution in [0.2, 0.25) is 0 Å². The number of hydrogen-bond donors (Lipinski definition) is 3. The molecule has 12 nitrogen and oxygen atoms in total. The van der Waals surface area contributed by atoms with Gasteiger partial charge in [0.25, 0.3) is 10.1 Å². The molecule has 0 aliphatic carbocycles. The molecule has 3 aromatic rings. The number of methoxy groups -OCH3 is 2. The summed E-state index contributed by atoms with van der Waals surface area (Å²) >= 11 is 0.929. The van der Waals surface area contributed by atoms with Crippen LogP contribution in [0.15, 0.2) is 78.0 Å². The normalized spacial score (nSPS) is 10.7. The smallest absolute Gasteiger partial charge is 0.261 e. The van der Waals surface area contributed by atoms with Crippen LogP contribution in [0.1, 0.15) is 15.9 Å². The van der Waals surface area contributed by atoms with Gasteiger partial charge in [0.15, 0.2) is 0 Å². The minimum atomic E-state index is -3.67. The van der Waals surface area contributed by atoms with Gasteiger partial charge in [0.2, 0.25) is 5.78 Å². The van der Waals surface area contributed by atoms with E-state index in [1.165, 1.54) is 0 Å². The lowest BCUT2D eigenvalue weighted by molar-refractivity contribution is -0.432. The number of pyridine rings is 1. The van der Waals surface area contributed by atoms with Crippen molar-refractivity contribution in [3.8, 4) is 11.5 Å². The maximum Gasteiger partial charge on any atom is 0.261 e. The van der Waals surface area contributed by atoms with Gasteiger partial charge in [-0.3, -0.25) is 14.8 Å². The Balaban J connectivity index is 0.000000583. The number of hydrogen-bond acceptors (Lipinski definition) is 12. The number of nitrogens with one attached hydrogen (secondary N) is 1. The largest absolute Gasteiger partial charge is 0.497 e. The van der Waals surface area contributed by atoms with E-state index in [9.17, 15) is 13.2 Å². The van der Waals surface area contributed by atoms with Gasteiger partial charge >= 0.3 is 0 Å². The number of aromatic nitrogens is 1. The lowest BCUT2D eigenvalue weighted by Gasteiger charge is -2.09. The van der Waals surface area contributed by atoms with Gasteiger partial charge < -0.3 is 9.47 Å². The van der Waals surface area contributed by atoms with Gasteiger partial charge in [-0.15, -0.1) is 4.33 Å². The molecule has 1 heterocycles. The van der Waals surface area contributed by atoms with E-state index in [1.807, 2.05) is 12.1 Å². The summed E-state index contributed by atoms with van der Waals surface area (Å²) in [6.07, 6.45) is 3.99. The molecule has 0 fully saturated rings. The molecule has 200 valence electrons. The molecule has 0 aliphatic heterocycles. The Hall–Kier alpha value is -3.53. The summed E-state index contributed by atoms with van der Waals surface area (Å²) in [5.74, 6) is 1.71. The standard InChI is InChI=1S/C21H19N3O3.2CH4O3S/c1-26-17-10-6-15(7-11-17)20(24-23-19-5-3-4-14-22-19)21(25)16-8-12-18(27-2)13-9-16;1-5(2,3)4;1-5-4-3-2/h3-14H,1-2H3,(H,22,23);1H3,(H,2,3,4);2H,1H3. The first-order valence-electron chi connectivity index (χ1n) is 10.1. The topological polar surface area (TPSA) is 166 Å². The number of rotatable bonds is 9. The SMILES string of the molecule is COc1ccc(C(=O)C(=NNc2ccccn2)c2ccc(OC)cc2)cc1.CS(=O)(=O)O.CSOOO. The zero-order chi connectivity index (χ0) is 27.7. The van der Waals surface area contributed by atoms with Crippen molar-refractivity contribution in [3.05, 3.63) is 84.1 Å². The van der Waals surface area contributed by atoms with E-state index in [0.29, 0.717) is 34.7 Å². The van der Waals surface area contributed by atoms with E-state index in [-0.39, 0.29) is 11.5 Å². The second kappa shape index (κ2) is 17.0. The van der Waals surface area contributed by atoms with E-state index < -0.39 is 10.1 Å². The van der Waals surface area contributed by atoms with Crippen molar-refractivity contribution in [3.63, 3.8) is 0 Å². The monoisotopic (exact) mass is 553 g/mol. The number of hydrazone groups is 1. The number of carbonyl (C=O) groups is 1. The second-order valence-electron chi connectivity index (χ2n) is 6.62. The van der Waals surface area contributed by atoms with E-state index in [2.05, 4.69) is 24.9 Å². The summed E-state index contributed by atoms with van der Waals surface area (Å²) in [6, 6.07) is 19.5. The van der Waals surface area contributed by atoms with Crippen molar-refractivity contribution in [1.82, 2.24) is 4.98 Å². The van der Waals surface area contributed by atoms with Crippen molar-refractivity contribution in [2.45, 2.75) is 0 Å². The molecule has 14 heteroatoms. The summed E-state index contributed by atoms with van der Waals surface area (Å²) in [7, 11) is -0.493. The van der Waals surface area contributed by atoms with Gasteiger partial charge in [-0.25, -0.2) is 10.2 Å². The molecule has 0 amide bonds. The fourth-order valence-corrected chi connectivity index (χ4v) is 2.51. The first kappa shape index (κ1) is 31.5. The van der Waals surface area contributed by atoms with Gasteiger partial charge in [-0.05, 0) is 60.7 Å². The molecule has 0 bridgehead atoms. The van der Waals surface area contributed by atoms with Gasteiger partial charge in [0.1, 0.15) is 23.0 Å². The molecule has 3 rings (SSSR count). The predicted molar refractivity (Wildman–Crippen MR) is 141 cm³/mol. The molecule has 0 saturated carbocycles. The van der Waals surface area contributed by atoms with Crippen molar-refractivity contribution in [2.24, 2.45) is 5.10 Å². The van der Waals surface area contributed by atoms with Crippen LogP contribution in [0.25, 0.3) is 0 Å². The molecule has 1 aromatic heterocycles. The quantitative estimate of drug-likeness (QED) is 0.0872. The summed E-state index contributed by atoms with van der Waals surface area (Å²) < 4.78 is 40.0. The lowest BCUT2D eigenvalue weighted by atomic mass is 10.0. The van der Waals surface area contributed by atoms with Crippen molar-refractivity contribution in [1.29, 1.82) is 0 Å². The predicted octanol–water partition coefficient (Wildman–Crippen LogP) is 3.99. The van der Waals surface area contributed by atoms with Crippen molar-refractivity contribution >= 4 is 39.5 Å². The highest BCUT2D eigenvalue weighted by atomic mass is 32.2. The number of benzene rings is 2. The Labute approximate surface area is 219 Å². The molecule has 0 unspecified atom stereocenters. The summed E-state index contributed by atoms with van der Waals surface area (Å²) in [4.78, 5) is 17.2. The van der Waals surface area contributed by atoms with Crippen LogP contribution >= 0.6 is 12.0 Å². The molecule has 0 saturated heterocycles. The maximum absolute atomic E-state index is 13.1. The first-order valence-corrected chi connectivity index (χ1v) is 13.1. The Morgan fingerprint density at radius 1 is 0.946 bits per heavy atom. The van der Waals surface area contributed by atoms with Crippen LogP contribution in [0.3, 0.4) is 0 Å². The molecule has 0 radical (unpaired) electrons. The second-order valence-corrected chi connectivity index (χ2v) is 8.55. The van der Waals surface area contributed by atoms with E-state index in [1.54, 1.807) is 81.3 Å². The van der Waals surface area contributed by atoms with E-state index >= 15 is 0 Å². The molecule has 0 spiro atoms. The molecular weight excluding hydrogens is 526 g/mol. The molecule has 37 heavy (non-hydrogen) atoms. The zero-order valence-electron chi connectivity index (χ0n) is 20.4. The van der Waals surface area contributed by atoms with Gasteiger partial charge in [-0.2, -0.15) is 13.5 Å². The van der Waals surface area contributed by atoms with Gasteiger partial charge in [-0.1, -0.05) is 11.1 Å². The third-order valence-corrected chi connectivity index (χ3v) is 4.17. The fourth-order valence-electron chi connectivity index (χ4n) is 2.45. The van der Waals surface area contributed by atoms with Gasteiger partial charge in [0, 0.05) is 35.6 Å². The number of ketones is 1. The molecule has 3 N–H and O–H groups in total. The number of ether oxygens (including phenoxy) is 2. The summed E-state index contributed by atoms with van der Waals surface area (Å²) in [5.41, 5.74) is 4.29. The zero-order valence-corrected chi connectivity index (χ0v) is 22.0. The minimum Gasteiger partial charge on any atom is -0.497 e. The maximum atomic E-state index is 13.1. The Morgan fingerprint density at radius 3 is 1.84 bits per heavy atom. The van der Waals surface area contributed by atoms with Crippen LogP contribution < -0.4 is 14.9 Å². The average molecular weight is 554 g/mol. The third kappa shape index (κ3) is 13.4. The third-order valence-electron chi connectivity index (χ3n) is 3.98. The molecular formula is C23H27N3O9S2. The van der Waals surface area contributed by atoms with Crippen LogP contribution in [-0.2, 0) is 19.5 Å². The number of nitrogens with zero attached hydrogens (tertiary/aromatic N) is 2. The molecule has 0 aliphatic rings. The van der Waals surface area contributed by atoms with Crippen LogP contribution in [0, 0.1) is 0 Å². The van der Waals surface area contributed by atoms with E-state index in [4.69, 9.17) is 19.3 Å².